The lowest BCUT2D eigenvalue weighted by atomic mass is 10.1. The summed E-state index contributed by atoms with van der Waals surface area (Å²) in [6, 6.07) is 1.69. The molecule has 2 heterocycles. The number of aromatic nitrogens is 1. The number of carbonyl (C=O) groups is 1. The standard InChI is InChI=1S/C10H12BrN3O2/c1-5(12)2-8-10(15)14-9-7(16-8)3-6(11)4-13-9/h3-5,8H,2,12H2,1H3,(H,13,14,15). The third-order valence-corrected chi connectivity index (χ3v) is 2.64. The molecular weight excluding hydrogens is 274 g/mol. The molecule has 0 radical (unpaired) electrons. The molecule has 1 aromatic rings. The number of amides is 1. The second kappa shape index (κ2) is 4.39. The third-order valence-electron chi connectivity index (χ3n) is 2.21. The van der Waals surface area contributed by atoms with Gasteiger partial charge in [0, 0.05) is 23.1 Å². The number of nitrogens with zero attached hydrogens (tertiary/aromatic N) is 1. The van der Waals surface area contributed by atoms with Crippen molar-refractivity contribution in [3.05, 3.63) is 16.7 Å². The van der Waals surface area contributed by atoms with E-state index in [9.17, 15) is 4.79 Å². The van der Waals surface area contributed by atoms with Gasteiger partial charge in [0.2, 0.25) is 0 Å². The van der Waals surface area contributed by atoms with E-state index in [1.807, 2.05) is 6.92 Å². The van der Waals surface area contributed by atoms with Gasteiger partial charge in [0.05, 0.1) is 0 Å². The van der Waals surface area contributed by atoms with Crippen molar-refractivity contribution < 1.29 is 9.53 Å². The molecule has 86 valence electrons. The molecule has 0 fully saturated rings. The number of anilines is 1. The Labute approximate surface area is 102 Å². The third kappa shape index (κ3) is 2.33. The topological polar surface area (TPSA) is 77.2 Å². The number of rotatable bonds is 2. The molecule has 0 spiro atoms. The zero-order chi connectivity index (χ0) is 11.7. The number of nitrogens with two attached hydrogens (primary N) is 1. The molecule has 1 aliphatic rings. The van der Waals surface area contributed by atoms with E-state index in [1.54, 1.807) is 12.3 Å². The van der Waals surface area contributed by atoms with Crippen LogP contribution in [0.2, 0.25) is 0 Å². The summed E-state index contributed by atoms with van der Waals surface area (Å²) in [7, 11) is 0. The van der Waals surface area contributed by atoms with Crippen LogP contribution in [0.25, 0.3) is 0 Å². The lowest BCUT2D eigenvalue weighted by Crippen LogP contribution is -2.40. The Morgan fingerprint density at radius 3 is 3.19 bits per heavy atom. The van der Waals surface area contributed by atoms with Gasteiger partial charge in [-0.05, 0) is 28.9 Å². The molecule has 6 heteroatoms. The van der Waals surface area contributed by atoms with E-state index in [0.29, 0.717) is 18.0 Å². The fourth-order valence-corrected chi connectivity index (χ4v) is 1.81. The highest BCUT2D eigenvalue weighted by atomic mass is 79.9. The van der Waals surface area contributed by atoms with Crippen LogP contribution in [0.5, 0.6) is 5.75 Å². The minimum atomic E-state index is -0.538. The van der Waals surface area contributed by atoms with E-state index >= 15 is 0 Å². The van der Waals surface area contributed by atoms with Crippen molar-refractivity contribution in [3.63, 3.8) is 0 Å². The number of carbonyl (C=O) groups excluding carboxylic acids is 1. The molecule has 0 aliphatic carbocycles. The maximum Gasteiger partial charge on any atom is 0.266 e. The Morgan fingerprint density at radius 1 is 1.75 bits per heavy atom. The van der Waals surface area contributed by atoms with Gasteiger partial charge in [-0.25, -0.2) is 4.98 Å². The van der Waals surface area contributed by atoms with Crippen molar-refractivity contribution in [1.82, 2.24) is 4.98 Å². The van der Waals surface area contributed by atoms with Crippen LogP contribution in [0, 0.1) is 0 Å². The van der Waals surface area contributed by atoms with E-state index < -0.39 is 6.10 Å². The van der Waals surface area contributed by atoms with Gasteiger partial charge < -0.3 is 15.8 Å². The van der Waals surface area contributed by atoms with Crippen molar-refractivity contribution >= 4 is 27.7 Å². The predicted octanol–water partition coefficient (Wildman–Crippen LogP) is 1.28. The summed E-state index contributed by atoms with van der Waals surface area (Å²) >= 11 is 3.30. The van der Waals surface area contributed by atoms with Crippen molar-refractivity contribution in [2.75, 3.05) is 5.32 Å². The summed E-state index contributed by atoms with van der Waals surface area (Å²) in [6.45, 7) is 1.84. The molecule has 1 aliphatic heterocycles. The molecule has 0 saturated heterocycles. The van der Waals surface area contributed by atoms with Crippen LogP contribution >= 0.6 is 15.9 Å². The van der Waals surface area contributed by atoms with E-state index in [1.165, 1.54) is 0 Å². The molecule has 0 aromatic carbocycles. The SMILES string of the molecule is CC(N)CC1Oc2cc(Br)cnc2NC1=O. The number of fused-ring (bicyclic) bond motifs is 1. The van der Waals surface area contributed by atoms with Crippen molar-refractivity contribution in [1.29, 1.82) is 0 Å². The van der Waals surface area contributed by atoms with Gasteiger partial charge >= 0.3 is 0 Å². The van der Waals surface area contributed by atoms with Crippen LogP contribution < -0.4 is 15.8 Å². The van der Waals surface area contributed by atoms with Crippen LogP contribution in [-0.4, -0.2) is 23.0 Å². The molecule has 2 rings (SSSR count). The Morgan fingerprint density at radius 2 is 2.50 bits per heavy atom. The average molecular weight is 286 g/mol. The van der Waals surface area contributed by atoms with E-state index in [2.05, 4.69) is 26.2 Å². The van der Waals surface area contributed by atoms with Gasteiger partial charge in [-0.3, -0.25) is 4.79 Å². The fourth-order valence-electron chi connectivity index (χ4n) is 1.50. The molecule has 2 unspecified atom stereocenters. The van der Waals surface area contributed by atoms with Crippen LogP contribution in [0.3, 0.4) is 0 Å². The lowest BCUT2D eigenvalue weighted by Gasteiger charge is -2.26. The van der Waals surface area contributed by atoms with Gasteiger partial charge in [-0.2, -0.15) is 0 Å². The normalized spacial score (nSPS) is 20.7. The first kappa shape index (κ1) is 11.3. The quantitative estimate of drug-likeness (QED) is 0.858. The van der Waals surface area contributed by atoms with Crippen molar-refractivity contribution in [2.24, 2.45) is 5.73 Å². The largest absolute Gasteiger partial charge is 0.477 e. The number of ether oxygens (including phenoxy) is 1. The van der Waals surface area contributed by atoms with E-state index in [0.717, 1.165) is 4.47 Å². The molecule has 2 atom stereocenters. The van der Waals surface area contributed by atoms with Gasteiger partial charge in [0.15, 0.2) is 17.7 Å². The molecule has 3 N–H and O–H groups in total. The minimum absolute atomic E-state index is 0.0857. The minimum Gasteiger partial charge on any atom is -0.477 e. The molecule has 16 heavy (non-hydrogen) atoms. The Bertz CT molecular complexity index is 423. The number of hydrogen-bond acceptors (Lipinski definition) is 4. The summed E-state index contributed by atoms with van der Waals surface area (Å²) in [5, 5.41) is 2.69. The fraction of sp³-hybridized carbons (Fsp3) is 0.400. The smallest absolute Gasteiger partial charge is 0.266 e. The van der Waals surface area contributed by atoms with Crippen molar-refractivity contribution in [3.8, 4) is 5.75 Å². The number of pyridine rings is 1. The summed E-state index contributed by atoms with van der Waals surface area (Å²) < 4.78 is 6.36. The molecule has 0 bridgehead atoms. The average Bonchev–Trinajstić information content (AvgIpc) is 2.19. The Balaban J connectivity index is 2.22. The highest BCUT2D eigenvalue weighted by Gasteiger charge is 2.29. The molecule has 1 aromatic heterocycles. The second-order valence-electron chi connectivity index (χ2n) is 3.81. The van der Waals surface area contributed by atoms with Gasteiger partial charge in [-0.1, -0.05) is 0 Å². The highest BCUT2D eigenvalue weighted by Crippen LogP contribution is 2.30. The van der Waals surface area contributed by atoms with E-state index in [-0.39, 0.29) is 11.9 Å². The zero-order valence-electron chi connectivity index (χ0n) is 8.74. The number of nitrogens with one attached hydrogen (secondary N) is 1. The van der Waals surface area contributed by atoms with Gasteiger partial charge in [0.1, 0.15) is 0 Å². The summed E-state index contributed by atoms with van der Waals surface area (Å²) in [5.74, 6) is 0.827. The van der Waals surface area contributed by atoms with Crippen LogP contribution in [0.4, 0.5) is 5.82 Å². The highest BCUT2D eigenvalue weighted by molar-refractivity contribution is 9.10. The molecule has 5 nitrogen and oxygen atoms in total. The zero-order valence-corrected chi connectivity index (χ0v) is 10.3. The van der Waals surface area contributed by atoms with Gasteiger partial charge in [0.25, 0.3) is 5.91 Å². The summed E-state index contributed by atoms with van der Waals surface area (Å²) in [5.41, 5.74) is 5.65. The first-order valence-electron chi connectivity index (χ1n) is 4.95. The monoisotopic (exact) mass is 285 g/mol. The van der Waals surface area contributed by atoms with Crippen LogP contribution in [0.15, 0.2) is 16.7 Å². The van der Waals surface area contributed by atoms with Crippen LogP contribution in [-0.2, 0) is 4.79 Å². The van der Waals surface area contributed by atoms with E-state index in [4.69, 9.17) is 10.5 Å². The predicted molar refractivity (Wildman–Crippen MR) is 63.2 cm³/mol. The van der Waals surface area contributed by atoms with Crippen molar-refractivity contribution in [2.45, 2.75) is 25.5 Å². The molecule has 1 amide bonds. The van der Waals surface area contributed by atoms with Crippen LogP contribution in [0.1, 0.15) is 13.3 Å². The lowest BCUT2D eigenvalue weighted by molar-refractivity contribution is -0.124. The first-order chi connectivity index (χ1) is 7.56. The Kier molecular flexibility index (Phi) is 3.11. The first-order valence-corrected chi connectivity index (χ1v) is 5.74. The molecular formula is C10H12BrN3O2. The summed E-state index contributed by atoms with van der Waals surface area (Å²) in [4.78, 5) is 15.7. The maximum atomic E-state index is 11.6. The summed E-state index contributed by atoms with van der Waals surface area (Å²) in [6.07, 6.45) is 1.55. The molecule has 0 saturated carbocycles. The number of hydrogen-bond donors (Lipinski definition) is 2. The number of halogens is 1. The Hall–Kier alpha value is -1.14. The second-order valence-corrected chi connectivity index (χ2v) is 4.72. The maximum absolute atomic E-state index is 11.6. The van der Waals surface area contributed by atoms with Gasteiger partial charge in [-0.15, -0.1) is 0 Å².